The molecule has 0 amide bonds. The van der Waals surface area contributed by atoms with Gasteiger partial charge in [-0.2, -0.15) is 5.26 Å². The molecular formula is C10H9NO4. The summed E-state index contributed by atoms with van der Waals surface area (Å²) in [5, 5.41) is 27.3. The first kappa shape index (κ1) is 10.9. The van der Waals surface area contributed by atoms with Crippen molar-refractivity contribution in [2.75, 3.05) is 6.61 Å². The van der Waals surface area contributed by atoms with Gasteiger partial charge in [0.2, 0.25) is 0 Å². The normalized spacial score (nSPS) is 9.33. The first-order valence-corrected chi connectivity index (χ1v) is 4.23. The van der Waals surface area contributed by atoms with Gasteiger partial charge in [0, 0.05) is 6.07 Å². The third-order valence-electron chi connectivity index (χ3n) is 1.71. The summed E-state index contributed by atoms with van der Waals surface area (Å²) in [6.07, 6.45) is 0. The molecule has 5 nitrogen and oxygen atoms in total. The van der Waals surface area contributed by atoms with Crippen LogP contribution in [0.1, 0.15) is 22.8 Å². The van der Waals surface area contributed by atoms with Gasteiger partial charge in [-0.15, -0.1) is 0 Å². The fourth-order valence-corrected chi connectivity index (χ4v) is 1.07. The molecule has 0 aliphatic rings. The number of hydrogen-bond donors (Lipinski definition) is 2. The minimum atomic E-state index is -0.776. The van der Waals surface area contributed by atoms with Crippen LogP contribution in [0.25, 0.3) is 0 Å². The van der Waals surface area contributed by atoms with E-state index in [1.54, 1.807) is 13.0 Å². The number of benzene rings is 1. The van der Waals surface area contributed by atoms with Gasteiger partial charge in [-0.05, 0) is 13.0 Å². The molecule has 0 aromatic heterocycles. The average Bonchev–Trinajstić information content (AvgIpc) is 2.21. The fraction of sp³-hybridized carbons (Fsp3) is 0.200. The monoisotopic (exact) mass is 207 g/mol. The standard InChI is InChI=1S/C10H9NO4/c1-2-15-10(14)8-4-7(12)3-6(5-11)9(8)13/h3-4,12-13H,2H2,1H3. The van der Waals surface area contributed by atoms with Gasteiger partial charge in [-0.3, -0.25) is 0 Å². The maximum Gasteiger partial charge on any atom is 0.342 e. The van der Waals surface area contributed by atoms with Gasteiger partial charge in [-0.1, -0.05) is 0 Å². The zero-order valence-electron chi connectivity index (χ0n) is 8.02. The number of aromatic hydroxyl groups is 2. The number of nitrogens with zero attached hydrogens (tertiary/aromatic N) is 1. The lowest BCUT2D eigenvalue weighted by Crippen LogP contribution is -2.05. The average molecular weight is 207 g/mol. The largest absolute Gasteiger partial charge is 0.508 e. The number of esters is 1. The maximum atomic E-state index is 11.3. The summed E-state index contributed by atoms with van der Waals surface area (Å²) in [7, 11) is 0. The number of carbonyl (C=O) groups excluding carboxylic acids is 1. The molecule has 15 heavy (non-hydrogen) atoms. The second-order valence-electron chi connectivity index (χ2n) is 2.72. The molecule has 1 aromatic carbocycles. The Bertz CT molecular complexity index is 434. The number of phenolic OH excluding ortho intramolecular Hbond substituents is 2. The van der Waals surface area contributed by atoms with E-state index < -0.39 is 11.7 Å². The van der Waals surface area contributed by atoms with E-state index in [-0.39, 0.29) is 23.5 Å². The molecule has 0 atom stereocenters. The second-order valence-corrected chi connectivity index (χ2v) is 2.72. The van der Waals surface area contributed by atoms with E-state index in [0.29, 0.717) is 0 Å². The van der Waals surface area contributed by atoms with Crippen molar-refractivity contribution >= 4 is 5.97 Å². The summed E-state index contributed by atoms with van der Waals surface area (Å²) in [4.78, 5) is 11.3. The molecule has 0 aliphatic heterocycles. The molecule has 0 fully saturated rings. The highest BCUT2D eigenvalue weighted by atomic mass is 16.5. The van der Waals surface area contributed by atoms with Gasteiger partial charge in [0.15, 0.2) is 0 Å². The highest BCUT2D eigenvalue weighted by Crippen LogP contribution is 2.27. The molecule has 2 N–H and O–H groups in total. The minimum absolute atomic E-state index is 0.149. The van der Waals surface area contributed by atoms with Crippen LogP contribution in [0.15, 0.2) is 12.1 Å². The Kier molecular flexibility index (Phi) is 3.13. The lowest BCUT2D eigenvalue weighted by atomic mass is 10.1. The summed E-state index contributed by atoms with van der Waals surface area (Å²) in [6, 6.07) is 3.77. The topological polar surface area (TPSA) is 90.5 Å². The lowest BCUT2D eigenvalue weighted by molar-refractivity contribution is 0.0522. The van der Waals surface area contributed by atoms with Crippen LogP contribution in [0.2, 0.25) is 0 Å². The van der Waals surface area contributed by atoms with Gasteiger partial charge < -0.3 is 14.9 Å². The first-order valence-electron chi connectivity index (χ1n) is 4.23. The smallest absolute Gasteiger partial charge is 0.342 e. The molecule has 0 radical (unpaired) electrons. The second kappa shape index (κ2) is 4.33. The van der Waals surface area contributed by atoms with Crippen LogP contribution >= 0.6 is 0 Å². The van der Waals surface area contributed by atoms with Crippen LogP contribution in [0.3, 0.4) is 0 Å². The van der Waals surface area contributed by atoms with E-state index in [4.69, 9.17) is 5.26 Å². The number of ether oxygens (including phenoxy) is 1. The Balaban J connectivity index is 3.24. The number of hydrogen-bond acceptors (Lipinski definition) is 5. The molecule has 0 unspecified atom stereocenters. The number of nitriles is 1. The van der Waals surface area contributed by atoms with Crippen LogP contribution in [0, 0.1) is 11.3 Å². The van der Waals surface area contributed by atoms with Crippen molar-refractivity contribution in [1.29, 1.82) is 5.26 Å². The Morgan fingerprint density at radius 1 is 1.53 bits per heavy atom. The number of phenols is 2. The molecule has 1 aromatic rings. The zero-order valence-corrected chi connectivity index (χ0v) is 8.02. The molecule has 0 saturated carbocycles. The van der Waals surface area contributed by atoms with E-state index in [2.05, 4.69) is 4.74 Å². The number of rotatable bonds is 2. The van der Waals surface area contributed by atoms with Gasteiger partial charge >= 0.3 is 5.97 Å². The quantitative estimate of drug-likeness (QED) is 0.560. The highest BCUT2D eigenvalue weighted by molar-refractivity contribution is 5.93. The van der Waals surface area contributed by atoms with Gasteiger partial charge in [-0.25, -0.2) is 4.79 Å². The molecule has 0 saturated heterocycles. The van der Waals surface area contributed by atoms with Crippen molar-refractivity contribution < 1.29 is 19.7 Å². The molecule has 0 bridgehead atoms. The highest BCUT2D eigenvalue weighted by Gasteiger charge is 2.17. The predicted octanol–water partition coefficient (Wildman–Crippen LogP) is 1.15. The third kappa shape index (κ3) is 2.17. The van der Waals surface area contributed by atoms with Gasteiger partial charge in [0.1, 0.15) is 23.1 Å². The predicted molar refractivity (Wildman–Crippen MR) is 50.4 cm³/mol. The van der Waals surface area contributed by atoms with E-state index in [1.165, 1.54) is 0 Å². The molecule has 78 valence electrons. The molecule has 5 heteroatoms. The molecular weight excluding hydrogens is 198 g/mol. The van der Waals surface area contributed by atoms with Crippen molar-refractivity contribution in [2.45, 2.75) is 6.92 Å². The Morgan fingerprint density at radius 2 is 2.20 bits per heavy atom. The van der Waals surface area contributed by atoms with Crippen molar-refractivity contribution in [1.82, 2.24) is 0 Å². The summed E-state index contributed by atoms with van der Waals surface area (Å²) < 4.78 is 4.64. The third-order valence-corrected chi connectivity index (χ3v) is 1.71. The Morgan fingerprint density at radius 3 is 2.73 bits per heavy atom. The van der Waals surface area contributed by atoms with Crippen LogP contribution in [0.5, 0.6) is 11.5 Å². The Hall–Kier alpha value is -2.22. The molecule has 0 spiro atoms. The van der Waals surface area contributed by atoms with E-state index in [9.17, 15) is 15.0 Å². The van der Waals surface area contributed by atoms with E-state index in [1.807, 2.05) is 0 Å². The first-order chi connectivity index (χ1) is 7.10. The molecule has 1 rings (SSSR count). The number of carbonyl (C=O) groups is 1. The van der Waals surface area contributed by atoms with Crippen molar-refractivity contribution in [3.05, 3.63) is 23.3 Å². The summed E-state index contributed by atoms with van der Waals surface area (Å²) >= 11 is 0. The zero-order chi connectivity index (χ0) is 11.4. The molecule has 0 aliphatic carbocycles. The molecule has 0 heterocycles. The van der Waals surface area contributed by atoms with Crippen LogP contribution in [-0.2, 0) is 4.74 Å². The summed E-state index contributed by atoms with van der Waals surface area (Å²) in [5.74, 6) is -1.52. The van der Waals surface area contributed by atoms with Crippen LogP contribution < -0.4 is 0 Å². The summed E-state index contributed by atoms with van der Waals surface area (Å²) in [6.45, 7) is 1.76. The van der Waals surface area contributed by atoms with Gasteiger partial charge in [0.25, 0.3) is 0 Å². The maximum absolute atomic E-state index is 11.3. The van der Waals surface area contributed by atoms with Gasteiger partial charge in [0.05, 0.1) is 12.2 Å². The SMILES string of the molecule is CCOC(=O)c1cc(O)cc(C#N)c1O. The van der Waals surface area contributed by atoms with Crippen molar-refractivity contribution in [2.24, 2.45) is 0 Å². The van der Waals surface area contributed by atoms with E-state index >= 15 is 0 Å². The van der Waals surface area contributed by atoms with E-state index in [0.717, 1.165) is 12.1 Å². The van der Waals surface area contributed by atoms with Crippen LogP contribution in [0.4, 0.5) is 0 Å². The summed E-state index contributed by atoms with van der Waals surface area (Å²) in [5.41, 5.74) is -0.383. The van der Waals surface area contributed by atoms with Crippen LogP contribution in [-0.4, -0.2) is 22.8 Å². The fourth-order valence-electron chi connectivity index (χ4n) is 1.07. The lowest BCUT2D eigenvalue weighted by Gasteiger charge is -2.05. The minimum Gasteiger partial charge on any atom is -0.508 e. The van der Waals surface area contributed by atoms with Crippen molar-refractivity contribution in [3.8, 4) is 17.6 Å². The van der Waals surface area contributed by atoms with Crippen molar-refractivity contribution in [3.63, 3.8) is 0 Å². The Labute approximate surface area is 86.1 Å².